The highest BCUT2D eigenvalue weighted by molar-refractivity contribution is 5.95. The Morgan fingerprint density at radius 2 is 1.97 bits per heavy atom. The summed E-state index contributed by atoms with van der Waals surface area (Å²) in [6.45, 7) is 6.30. The summed E-state index contributed by atoms with van der Waals surface area (Å²) >= 11 is 0. The number of aromatic nitrogens is 3. The molecule has 0 aliphatic carbocycles. The maximum Gasteiger partial charge on any atom is 0.257 e. The fourth-order valence-corrected chi connectivity index (χ4v) is 5.44. The molecule has 162 valence electrons. The van der Waals surface area contributed by atoms with Gasteiger partial charge >= 0.3 is 0 Å². The van der Waals surface area contributed by atoms with Crippen molar-refractivity contribution < 1.29 is 9.21 Å². The van der Waals surface area contributed by atoms with Crippen molar-refractivity contribution in [2.24, 2.45) is 12.5 Å². The molecule has 0 radical (unpaired) electrons. The van der Waals surface area contributed by atoms with Crippen LogP contribution in [0.25, 0.3) is 0 Å². The van der Waals surface area contributed by atoms with Gasteiger partial charge in [0.05, 0.1) is 11.8 Å². The average Bonchev–Trinajstić information content (AvgIpc) is 3.48. The minimum atomic E-state index is 0.0791. The predicted octanol–water partition coefficient (Wildman–Crippen LogP) is 3.24. The number of rotatable bonds is 4. The summed E-state index contributed by atoms with van der Waals surface area (Å²) in [5, 5.41) is 8.65. The number of amides is 1. The van der Waals surface area contributed by atoms with Crippen LogP contribution in [0, 0.1) is 12.3 Å². The number of carbonyl (C=O) groups is 1. The van der Waals surface area contributed by atoms with E-state index in [1.54, 1.807) is 18.7 Å². The minimum Gasteiger partial charge on any atom is -0.469 e. The number of benzene rings is 1. The van der Waals surface area contributed by atoms with E-state index < -0.39 is 0 Å². The second kappa shape index (κ2) is 7.96. The van der Waals surface area contributed by atoms with Crippen LogP contribution in [0.4, 0.5) is 0 Å². The average molecular weight is 420 g/mol. The number of nitrogens with zero attached hydrogens (tertiary/aromatic N) is 5. The predicted molar refractivity (Wildman–Crippen MR) is 116 cm³/mol. The van der Waals surface area contributed by atoms with Gasteiger partial charge in [0.15, 0.2) is 0 Å². The fourth-order valence-electron chi connectivity index (χ4n) is 5.44. The molecule has 2 aliphatic heterocycles. The lowest BCUT2D eigenvalue weighted by Crippen LogP contribution is -2.46. The molecule has 4 heterocycles. The van der Waals surface area contributed by atoms with Crippen LogP contribution < -0.4 is 0 Å². The second-order valence-corrected chi connectivity index (χ2v) is 9.05. The van der Waals surface area contributed by atoms with E-state index in [-0.39, 0.29) is 11.3 Å². The summed E-state index contributed by atoms with van der Waals surface area (Å²) in [7, 11) is 2.03. The molecule has 1 unspecified atom stereocenters. The van der Waals surface area contributed by atoms with Crippen LogP contribution >= 0.6 is 0 Å². The lowest BCUT2D eigenvalue weighted by atomic mass is 9.70. The molecule has 2 aromatic heterocycles. The van der Waals surface area contributed by atoms with Crippen molar-refractivity contribution >= 4 is 5.91 Å². The van der Waals surface area contributed by atoms with Crippen molar-refractivity contribution in [2.45, 2.75) is 32.2 Å². The second-order valence-electron chi connectivity index (χ2n) is 9.05. The van der Waals surface area contributed by atoms with Gasteiger partial charge < -0.3 is 13.9 Å². The van der Waals surface area contributed by atoms with Gasteiger partial charge in [-0.15, -0.1) is 10.2 Å². The lowest BCUT2D eigenvalue weighted by Gasteiger charge is -2.42. The fraction of sp³-hybridized carbons (Fsp3) is 0.458. The molecule has 1 aromatic carbocycles. The number of piperidine rings is 1. The first-order chi connectivity index (χ1) is 15.1. The van der Waals surface area contributed by atoms with Gasteiger partial charge in [0.1, 0.15) is 17.9 Å². The molecule has 1 amide bonds. The van der Waals surface area contributed by atoms with Crippen molar-refractivity contribution in [2.75, 3.05) is 26.2 Å². The third-order valence-electron chi connectivity index (χ3n) is 7.16. The molecule has 0 N–H and O–H groups in total. The normalized spacial score (nSPS) is 21.1. The molecular weight excluding hydrogens is 390 g/mol. The smallest absolute Gasteiger partial charge is 0.257 e. The van der Waals surface area contributed by atoms with E-state index in [9.17, 15) is 4.79 Å². The Hall–Kier alpha value is -2.93. The van der Waals surface area contributed by atoms with Crippen LogP contribution in [-0.4, -0.2) is 56.7 Å². The maximum absolute atomic E-state index is 13.0. The summed E-state index contributed by atoms with van der Waals surface area (Å²) in [6, 6.07) is 12.4. The van der Waals surface area contributed by atoms with Crippen molar-refractivity contribution in [3.8, 4) is 0 Å². The lowest BCUT2D eigenvalue weighted by molar-refractivity contribution is 0.0553. The van der Waals surface area contributed by atoms with Gasteiger partial charge in [0, 0.05) is 45.7 Å². The summed E-state index contributed by atoms with van der Waals surface area (Å²) < 4.78 is 7.41. The summed E-state index contributed by atoms with van der Waals surface area (Å²) in [5.41, 5.74) is 2.12. The Balaban J connectivity index is 1.36. The third-order valence-corrected chi connectivity index (χ3v) is 7.16. The van der Waals surface area contributed by atoms with Crippen molar-refractivity contribution in [3.63, 3.8) is 0 Å². The number of furan rings is 1. The van der Waals surface area contributed by atoms with Gasteiger partial charge in [-0.2, -0.15) is 0 Å². The van der Waals surface area contributed by atoms with Crippen LogP contribution in [0.1, 0.15) is 46.3 Å². The van der Waals surface area contributed by atoms with E-state index in [2.05, 4.69) is 50.0 Å². The molecule has 7 heteroatoms. The Bertz CT molecular complexity index is 1050. The van der Waals surface area contributed by atoms with Crippen molar-refractivity contribution in [3.05, 3.63) is 71.7 Å². The third kappa shape index (κ3) is 3.67. The van der Waals surface area contributed by atoms with E-state index in [0.29, 0.717) is 17.2 Å². The Morgan fingerprint density at radius 1 is 1.19 bits per heavy atom. The number of aryl methyl sites for hydroxylation is 2. The molecule has 7 nitrogen and oxygen atoms in total. The van der Waals surface area contributed by atoms with Gasteiger partial charge in [-0.1, -0.05) is 30.3 Å². The maximum atomic E-state index is 13.0. The molecule has 2 fully saturated rings. The van der Waals surface area contributed by atoms with E-state index in [0.717, 1.165) is 51.4 Å². The quantitative estimate of drug-likeness (QED) is 0.650. The molecule has 5 rings (SSSR count). The Kier molecular flexibility index (Phi) is 5.14. The van der Waals surface area contributed by atoms with Crippen LogP contribution in [0.15, 0.2) is 53.4 Å². The minimum absolute atomic E-state index is 0.0791. The first-order valence-electron chi connectivity index (χ1n) is 11.0. The summed E-state index contributed by atoms with van der Waals surface area (Å²) in [5.74, 6) is 2.14. The van der Waals surface area contributed by atoms with E-state index >= 15 is 0 Å². The van der Waals surface area contributed by atoms with Crippen molar-refractivity contribution in [1.82, 2.24) is 24.6 Å². The standard InChI is InChI=1S/C24H29N5O2/c1-18-20(8-13-31-18)23(30)29-11-9-24(10-12-29)16-28(14-19-6-4-3-5-7-19)15-21(24)22-26-25-17-27(22)2/h3-8,13,17,21H,9-12,14-16H2,1-2H3. The van der Waals surface area contributed by atoms with E-state index in [1.165, 1.54) is 5.56 Å². The number of hydrogen-bond acceptors (Lipinski definition) is 5. The molecule has 0 bridgehead atoms. The number of carbonyl (C=O) groups excluding carboxylic acids is 1. The first kappa shape index (κ1) is 20.0. The molecular formula is C24H29N5O2. The highest BCUT2D eigenvalue weighted by atomic mass is 16.3. The zero-order chi connectivity index (χ0) is 21.4. The molecule has 2 aliphatic rings. The molecule has 2 saturated heterocycles. The van der Waals surface area contributed by atoms with Crippen LogP contribution in [0.5, 0.6) is 0 Å². The van der Waals surface area contributed by atoms with Gasteiger partial charge in [-0.3, -0.25) is 9.69 Å². The monoisotopic (exact) mass is 419 g/mol. The first-order valence-corrected chi connectivity index (χ1v) is 11.0. The van der Waals surface area contributed by atoms with Crippen LogP contribution in [-0.2, 0) is 13.6 Å². The highest BCUT2D eigenvalue weighted by Crippen LogP contribution is 2.49. The zero-order valence-corrected chi connectivity index (χ0v) is 18.2. The van der Waals surface area contributed by atoms with Gasteiger partial charge in [-0.05, 0) is 36.8 Å². The van der Waals surface area contributed by atoms with Gasteiger partial charge in [0.25, 0.3) is 5.91 Å². The Labute approximate surface area is 182 Å². The zero-order valence-electron chi connectivity index (χ0n) is 18.2. The van der Waals surface area contributed by atoms with Gasteiger partial charge in [0.2, 0.25) is 0 Å². The number of likely N-dealkylation sites (tertiary alicyclic amines) is 2. The largest absolute Gasteiger partial charge is 0.469 e. The molecule has 1 atom stereocenters. The highest BCUT2D eigenvalue weighted by Gasteiger charge is 2.50. The molecule has 0 saturated carbocycles. The van der Waals surface area contributed by atoms with Crippen LogP contribution in [0.2, 0.25) is 0 Å². The van der Waals surface area contributed by atoms with E-state index in [4.69, 9.17) is 4.42 Å². The SMILES string of the molecule is Cc1occc1C(=O)N1CCC2(CC1)CN(Cc1ccccc1)CC2c1nncn1C. The van der Waals surface area contributed by atoms with Gasteiger partial charge in [-0.25, -0.2) is 0 Å². The van der Waals surface area contributed by atoms with Crippen molar-refractivity contribution in [1.29, 1.82) is 0 Å². The molecule has 1 spiro atoms. The van der Waals surface area contributed by atoms with E-state index in [1.807, 2.05) is 18.9 Å². The number of hydrogen-bond donors (Lipinski definition) is 0. The summed E-state index contributed by atoms with van der Waals surface area (Å²) in [6.07, 6.45) is 5.33. The molecule has 3 aromatic rings. The van der Waals surface area contributed by atoms with Crippen LogP contribution in [0.3, 0.4) is 0 Å². The Morgan fingerprint density at radius 3 is 2.61 bits per heavy atom. The molecule has 31 heavy (non-hydrogen) atoms. The topological polar surface area (TPSA) is 67.4 Å². The summed E-state index contributed by atoms with van der Waals surface area (Å²) in [4.78, 5) is 17.5.